The van der Waals surface area contributed by atoms with Gasteiger partial charge < -0.3 is 10.6 Å². The van der Waals surface area contributed by atoms with Crippen LogP contribution in [0.15, 0.2) is 12.1 Å². The van der Waals surface area contributed by atoms with E-state index in [1.54, 1.807) is 0 Å². The highest BCUT2D eigenvalue weighted by atomic mass is 19.4. The Bertz CT molecular complexity index is 466. The van der Waals surface area contributed by atoms with Gasteiger partial charge in [-0.05, 0) is 26.0 Å². The Morgan fingerprint density at radius 3 is 2.10 bits per heavy atom. The molecule has 0 saturated carbocycles. The van der Waals surface area contributed by atoms with Crippen LogP contribution < -0.4 is 10.6 Å². The molecule has 2 N–H and O–H groups in total. The van der Waals surface area contributed by atoms with Gasteiger partial charge in [-0.25, -0.2) is 4.98 Å². The number of nitrogens with two attached hydrogens (primary N) is 1. The molecule has 0 aliphatic heterocycles. The van der Waals surface area contributed by atoms with E-state index >= 15 is 0 Å². The summed E-state index contributed by atoms with van der Waals surface area (Å²) in [6.07, 6.45) is -9.26. The summed E-state index contributed by atoms with van der Waals surface area (Å²) in [6.45, 7) is 1.44. The highest BCUT2D eigenvalue weighted by molar-refractivity contribution is 5.50. The number of halogens is 6. The van der Waals surface area contributed by atoms with E-state index in [0.29, 0.717) is 17.0 Å². The molecule has 1 aromatic rings. The Kier molecular flexibility index (Phi) is 4.40. The fourth-order valence-corrected chi connectivity index (χ4v) is 1.57. The molecule has 0 spiro atoms. The van der Waals surface area contributed by atoms with Crippen LogP contribution in [0.3, 0.4) is 0 Å². The monoisotopic (exact) mass is 301 g/mol. The molecule has 0 radical (unpaired) electrons. The Balaban J connectivity index is 3.24. The number of hydrogen-bond donors (Lipinski definition) is 1. The predicted octanol–water partition coefficient (Wildman–Crippen LogP) is 3.46. The summed E-state index contributed by atoms with van der Waals surface area (Å²) in [7, 11) is 0. The Morgan fingerprint density at radius 2 is 1.70 bits per heavy atom. The summed E-state index contributed by atoms with van der Waals surface area (Å²) >= 11 is 0. The molecule has 0 aliphatic carbocycles. The lowest BCUT2D eigenvalue weighted by atomic mass is 10.2. The van der Waals surface area contributed by atoms with Crippen molar-refractivity contribution in [2.45, 2.75) is 32.2 Å². The van der Waals surface area contributed by atoms with Crippen molar-refractivity contribution in [1.29, 1.82) is 0 Å². The second kappa shape index (κ2) is 5.37. The SMILES string of the molecule is CC(C)N(CC(F)(F)F)c1cc(C(F)(F)F)cc(N)n1. The zero-order chi connectivity index (χ0) is 15.7. The largest absolute Gasteiger partial charge is 0.416 e. The molecule has 0 bridgehead atoms. The molecule has 114 valence electrons. The number of hydrogen-bond acceptors (Lipinski definition) is 3. The first-order chi connectivity index (χ1) is 8.90. The van der Waals surface area contributed by atoms with Gasteiger partial charge in [-0.15, -0.1) is 0 Å². The van der Waals surface area contributed by atoms with Crippen LogP contribution in [0, 0.1) is 0 Å². The van der Waals surface area contributed by atoms with Crippen LogP contribution in [-0.4, -0.2) is 23.7 Å². The average Bonchev–Trinajstić information content (AvgIpc) is 2.22. The van der Waals surface area contributed by atoms with Gasteiger partial charge in [0.05, 0.1) is 5.56 Å². The van der Waals surface area contributed by atoms with Crippen molar-refractivity contribution < 1.29 is 26.3 Å². The predicted molar refractivity (Wildman–Crippen MR) is 62.2 cm³/mol. The summed E-state index contributed by atoms with van der Waals surface area (Å²) in [5, 5.41) is 0. The molecule has 0 aliphatic rings. The lowest BCUT2D eigenvalue weighted by molar-refractivity contribution is -0.137. The third-order valence-corrected chi connectivity index (χ3v) is 2.43. The minimum Gasteiger partial charge on any atom is -0.384 e. The molecule has 1 rings (SSSR count). The second-order valence-electron chi connectivity index (χ2n) is 4.47. The van der Waals surface area contributed by atoms with Crippen LogP contribution in [0.4, 0.5) is 38.0 Å². The molecule has 9 heteroatoms. The molecular formula is C11H13F6N3. The number of alkyl halides is 6. The first kappa shape index (κ1) is 16.4. The third kappa shape index (κ3) is 4.46. The Hall–Kier alpha value is -1.67. The van der Waals surface area contributed by atoms with Crippen LogP contribution in [0.2, 0.25) is 0 Å². The number of nitrogen functional groups attached to an aromatic ring is 1. The lowest BCUT2D eigenvalue weighted by Crippen LogP contribution is -2.39. The van der Waals surface area contributed by atoms with Crippen LogP contribution in [0.1, 0.15) is 19.4 Å². The van der Waals surface area contributed by atoms with Gasteiger partial charge in [0.2, 0.25) is 0 Å². The van der Waals surface area contributed by atoms with Gasteiger partial charge in [0, 0.05) is 6.04 Å². The third-order valence-electron chi connectivity index (χ3n) is 2.43. The normalized spacial score (nSPS) is 12.8. The summed E-state index contributed by atoms with van der Waals surface area (Å²) < 4.78 is 75.3. The maximum atomic E-state index is 12.6. The van der Waals surface area contributed by atoms with Crippen LogP contribution in [0.25, 0.3) is 0 Å². The summed E-state index contributed by atoms with van der Waals surface area (Å²) in [5.74, 6) is -0.938. The van der Waals surface area contributed by atoms with E-state index in [0.717, 1.165) is 0 Å². The molecule has 0 unspecified atom stereocenters. The Labute approximate surface area is 111 Å². The van der Waals surface area contributed by atoms with E-state index in [1.807, 2.05) is 0 Å². The number of rotatable bonds is 3. The smallest absolute Gasteiger partial charge is 0.384 e. The minimum absolute atomic E-state index is 0.454. The van der Waals surface area contributed by atoms with Crippen LogP contribution in [0.5, 0.6) is 0 Å². The lowest BCUT2D eigenvalue weighted by Gasteiger charge is -2.29. The molecule has 1 heterocycles. The van der Waals surface area contributed by atoms with Gasteiger partial charge >= 0.3 is 12.4 Å². The van der Waals surface area contributed by atoms with Gasteiger partial charge in [0.1, 0.15) is 18.2 Å². The molecule has 0 amide bonds. The van der Waals surface area contributed by atoms with E-state index in [4.69, 9.17) is 5.73 Å². The first-order valence-corrected chi connectivity index (χ1v) is 5.58. The highest BCUT2D eigenvalue weighted by Crippen LogP contribution is 2.33. The quantitative estimate of drug-likeness (QED) is 0.869. The zero-order valence-corrected chi connectivity index (χ0v) is 10.7. The van der Waals surface area contributed by atoms with Crippen molar-refractivity contribution in [3.05, 3.63) is 17.7 Å². The Morgan fingerprint density at radius 1 is 1.15 bits per heavy atom. The molecule has 20 heavy (non-hydrogen) atoms. The molecule has 1 aromatic heterocycles. The molecule has 0 saturated heterocycles. The number of pyridine rings is 1. The summed E-state index contributed by atoms with van der Waals surface area (Å²) in [4.78, 5) is 4.27. The van der Waals surface area contributed by atoms with Gasteiger partial charge in [-0.3, -0.25) is 0 Å². The first-order valence-electron chi connectivity index (χ1n) is 5.58. The van der Waals surface area contributed by atoms with Gasteiger partial charge in [0.25, 0.3) is 0 Å². The van der Waals surface area contributed by atoms with Crippen LogP contribution in [-0.2, 0) is 6.18 Å². The zero-order valence-electron chi connectivity index (χ0n) is 10.7. The molecular weight excluding hydrogens is 288 g/mol. The fourth-order valence-electron chi connectivity index (χ4n) is 1.57. The minimum atomic E-state index is -4.70. The van der Waals surface area contributed by atoms with E-state index in [9.17, 15) is 26.3 Å². The average molecular weight is 301 g/mol. The molecule has 0 aromatic carbocycles. The number of nitrogens with zero attached hydrogens (tertiary/aromatic N) is 2. The van der Waals surface area contributed by atoms with Crippen molar-refractivity contribution in [1.82, 2.24) is 4.98 Å². The van der Waals surface area contributed by atoms with Crippen molar-refractivity contribution in [3.8, 4) is 0 Å². The topological polar surface area (TPSA) is 42.1 Å². The van der Waals surface area contributed by atoms with Crippen molar-refractivity contribution >= 4 is 11.6 Å². The van der Waals surface area contributed by atoms with Gasteiger partial charge in [-0.2, -0.15) is 26.3 Å². The van der Waals surface area contributed by atoms with E-state index in [-0.39, 0.29) is 0 Å². The number of anilines is 2. The summed E-state index contributed by atoms with van der Waals surface area (Å²) in [6, 6.07) is 0.449. The van der Waals surface area contributed by atoms with Crippen molar-refractivity contribution in [2.75, 3.05) is 17.2 Å². The van der Waals surface area contributed by atoms with Gasteiger partial charge in [0.15, 0.2) is 0 Å². The van der Waals surface area contributed by atoms with Crippen molar-refractivity contribution in [3.63, 3.8) is 0 Å². The molecule has 0 atom stereocenters. The highest BCUT2D eigenvalue weighted by Gasteiger charge is 2.35. The standard InChI is InChI=1S/C11H13F6N3/c1-6(2)20(5-10(12,13)14)9-4-7(11(15,16)17)3-8(18)19-9/h3-4,6H,5H2,1-2H3,(H2,18,19). The maximum Gasteiger partial charge on any atom is 0.416 e. The van der Waals surface area contributed by atoms with E-state index in [1.165, 1.54) is 13.8 Å². The number of aromatic nitrogens is 1. The maximum absolute atomic E-state index is 12.6. The summed E-state index contributed by atoms with van der Waals surface area (Å²) in [5.41, 5.74) is 4.11. The fraction of sp³-hybridized carbons (Fsp3) is 0.545. The second-order valence-corrected chi connectivity index (χ2v) is 4.47. The molecule has 3 nitrogen and oxygen atoms in total. The van der Waals surface area contributed by atoms with Gasteiger partial charge in [-0.1, -0.05) is 0 Å². The van der Waals surface area contributed by atoms with Crippen molar-refractivity contribution in [2.24, 2.45) is 0 Å². The molecule has 0 fully saturated rings. The van der Waals surface area contributed by atoms with E-state index in [2.05, 4.69) is 4.98 Å². The van der Waals surface area contributed by atoms with Crippen LogP contribution >= 0.6 is 0 Å². The van der Waals surface area contributed by atoms with E-state index < -0.39 is 42.1 Å².